The molecule has 0 aliphatic heterocycles. The van der Waals surface area contributed by atoms with Gasteiger partial charge in [0.1, 0.15) is 23.8 Å². The summed E-state index contributed by atoms with van der Waals surface area (Å²) in [6.07, 6.45) is 1.67. The van der Waals surface area contributed by atoms with E-state index in [-0.39, 0.29) is 18.2 Å². The van der Waals surface area contributed by atoms with E-state index in [0.29, 0.717) is 34.2 Å². The van der Waals surface area contributed by atoms with Crippen molar-refractivity contribution in [2.75, 3.05) is 17.7 Å². The number of urea groups is 1. The van der Waals surface area contributed by atoms with Crippen molar-refractivity contribution < 1.29 is 14.3 Å². The van der Waals surface area contributed by atoms with Gasteiger partial charge in [-0.15, -0.1) is 0 Å². The zero-order valence-corrected chi connectivity index (χ0v) is 17.7. The van der Waals surface area contributed by atoms with Crippen LogP contribution in [-0.4, -0.2) is 22.5 Å². The zero-order chi connectivity index (χ0) is 22.5. The molecule has 4 rings (SSSR count). The molecule has 4 aromatic rings. The number of hydrogen-bond donors (Lipinski definition) is 2. The highest BCUT2D eigenvalue weighted by atomic mass is 16.5. The standard InChI is InChI=1S/C24H22N4O4/c1-16-6-7-18(27-24(30)26-17-8-10-20(31-2)11-9-17)13-21(16)32-15-19-14-23(29)28-12-4-3-5-22(28)25-19/h3-14H,15H2,1-2H3,(H2,26,27,30). The number of rotatable bonds is 6. The predicted molar refractivity (Wildman–Crippen MR) is 123 cm³/mol. The second-order valence-corrected chi connectivity index (χ2v) is 7.09. The molecule has 2 heterocycles. The number of benzene rings is 2. The third kappa shape index (κ3) is 4.86. The average Bonchev–Trinajstić information content (AvgIpc) is 2.80. The summed E-state index contributed by atoms with van der Waals surface area (Å²) >= 11 is 0. The molecule has 0 fully saturated rings. The molecular formula is C24H22N4O4. The first-order valence-corrected chi connectivity index (χ1v) is 9.95. The van der Waals surface area contributed by atoms with E-state index >= 15 is 0 Å². The van der Waals surface area contributed by atoms with Gasteiger partial charge < -0.3 is 20.1 Å². The predicted octanol–water partition coefficient (Wildman–Crippen LogP) is 4.23. The molecule has 0 spiro atoms. The summed E-state index contributed by atoms with van der Waals surface area (Å²) in [7, 11) is 1.58. The van der Waals surface area contributed by atoms with Gasteiger partial charge in [0.05, 0.1) is 12.8 Å². The largest absolute Gasteiger partial charge is 0.497 e. The molecule has 162 valence electrons. The number of ether oxygens (including phenoxy) is 2. The lowest BCUT2D eigenvalue weighted by Gasteiger charge is -2.13. The highest BCUT2D eigenvalue weighted by Gasteiger charge is 2.08. The number of nitrogens with zero attached hydrogens (tertiary/aromatic N) is 2. The lowest BCUT2D eigenvalue weighted by atomic mass is 10.2. The van der Waals surface area contributed by atoms with E-state index in [0.717, 1.165) is 5.56 Å². The molecule has 0 unspecified atom stereocenters. The Kier molecular flexibility index (Phi) is 6.03. The topological polar surface area (TPSA) is 94.0 Å². The molecule has 2 amide bonds. The molecule has 8 nitrogen and oxygen atoms in total. The number of nitrogens with one attached hydrogen (secondary N) is 2. The first-order valence-electron chi connectivity index (χ1n) is 9.95. The smallest absolute Gasteiger partial charge is 0.323 e. The van der Waals surface area contributed by atoms with Gasteiger partial charge in [-0.05, 0) is 55.0 Å². The number of hydrogen-bond acceptors (Lipinski definition) is 5. The number of anilines is 2. The molecule has 0 bridgehead atoms. The summed E-state index contributed by atoms with van der Waals surface area (Å²) in [5.74, 6) is 1.29. The van der Waals surface area contributed by atoms with Crippen molar-refractivity contribution in [3.05, 3.63) is 94.5 Å². The molecule has 0 aliphatic carbocycles. The number of methoxy groups -OCH3 is 1. The molecule has 0 saturated carbocycles. The van der Waals surface area contributed by atoms with Crippen molar-refractivity contribution >= 4 is 23.1 Å². The van der Waals surface area contributed by atoms with Crippen LogP contribution in [0.25, 0.3) is 5.65 Å². The third-order valence-corrected chi connectivity index (χ3v) is 4.79. The maximum Gasteiger partial charge on any atom is 0.323 e. The minimum Gasteiger partial charge on any atom is -0.497 e. The van der Waals surface area contributed by atoms with E-state index in [1.165, 1.54) is 10.5 Å². The summed E-state index contributed by atoms with van der Waals surface area (Å²) in [4.78, 5) is 29.0. The molecule has 8 heteroatoms. The van der Waals surface area contributed by atoms with Crippen molar-refractivity contribution in [1.82, 2.24) is 9.38 Å². The van der Waals surface area contributed by atoms with E-state index < -0.39 is 0 Å². The first-order chi connectivity index (χ1) is 15.5. The quantitative estimate of drug-likeness (QED) is 0.477. The van der Waals surface area contributed by atoms with Crippen LogP contribution in [0.1, 0.15) is 11.3 Å². The third-order valence-electron chi connectivity index (χ3n) is 4.79. The first kappa shape index (κ1) is 20.9. The van der Waals surface area contributed by atoms with Crippen molar-refractivity contribution in [1.29, 1.82) is 0 Å². The van der Waals surface area contributed by atoms with Crippen molar-refractivity contribution in [2.45, 2.75) is 13.5 Å². The maximum atomic E-state index is 12.3. The second-order valence-electron chi connectivity index (χ2n) is 7.09. The normalized spacial score (nSPS) is 10.6. The lowest BCUT2D eigenvalue weighted by molar-refractivity contribution is 0.262. The van der Waals surface area contributed by atoms with E-state index in [4.69, 9.17) is 9.47 Å². The number of aryl methyl sites for hydroxylation is 1. The second kappa shape index (κ2) is 9.22. The minimum atomic E-state index is -0.380. The molecule has 2 aromatic carbocycles. The fourth-order valence-electron chi connectivity index (χ4n) is 3.13. The van der Waals surface area contributed by atoms with Crippen LogP contribution in [0.4, 0.5) is 16.2 Å². The number of carbonyl (C=O) groups is 1. The molecular weight excluding hydrogens is 408 g/mol. The molecule has 0 aliphatic rings. The number of aromatic nitrogens is 2. The van der Waals surface area contributed by atoms with E-state index in [1.807, 2.05) is 19.1 Å². The van der Waals surface area contributed by atoms with Gasteiger partial charge in [-0.3, -0.25) is 9.20 Å². The Bertz CT molecular complexity index is 1320. The fourth-order valence-corrected chi connectivity index (χ4v) is 3.13. The Morgan fingerprint density at radius 2 is 1.75 bits per heavy atom. The number of fused-ring (bicyclic) bond motifs is 1. The van der Waals surface area contributed by atoms with Crippen molar-refractivity contribution in [2.24, 2.45) is 0 Å². The Hall–Kier alpha value is -4.33. The molecule has 2 aromatic heterocycles. The summed E-state index contributed by atoms with van der Waals surface area (Å²) in [5, 5.41) is 5.55. The minimum absolute atomic E-state index is 0.128. The van der Waals surface area contributed by atoms with Gasteiger partial charge >= 0.3 is 6.03 Å². The van der Waals surface area contributed by atoms with Crippen molar-refractivity contribution in [3.8, 4) is 11.5 Å². The molecule has 0 atom stereocenters. The Morgan fingerprint density at radius 1 is 1.00 bits per heavy atom. The SMILES string of the molecule is COc1ccc(NC(=O)Nc2ccc(C)c(OCc3cc(=O)n4ccccc4n3)c2)cc1. The van der Waals surface area contributed by atoms with Gasteiger partial charge in [-0.1, -0.05) is 12.1 Å². The van der Waals surface area contributed by atoms with E-state index in [2.05, 4.69) is 15.6 Å². The van der Waals surface area contributed by atoms with Gasteiger partial charge in [0.15, 0.2) is 0 Å². The Labute approximate surface area is 184 Å². The summed E-state index contributed by atoms with van der Waals surface area (Å²) in [6.45, 7) is 2.03. The van der Waals surface area contributed by atoms with Gasteiger partial charge in [0.25, 0.3) is 5.56 Å². The monoisotopic (exact) mass is 430 g/mol. The number of pyridine rings is 1. The van der Waals surface area contributed by atoms with E-state index in [1.54, 1.807) is 61.8 Å². The van der Waals surface area contributed by atoms with Crippen LogP contribution in [0.5, 0.6) is 11.5 Å². The van der Waals surface area contributed by atoms with Crippen LogP contribution in [-0.2, 0) is 6.61 Å². The molecule has 0 saturated heterocycles. The van der Waals surface area contributed by atoms with Crippen LogP contribution in [0.3, 0.4) is 0 Å². The van der Waals surface area contributed by atoms with Crippen LogP contribution < -0.4 is 25.7 Å². The molecule has 0 radical (unpaired) electrons. The maximum absolute atomic E-state index is 12.3. The van der Waals surface area contributed by atoms with Gasteiger partial charge in [-0.25, -0.2) is 9.78 Å². The fraction of sp³-hybridized carbons (Fsp3) is 0.125. The van der Waals surface area contributed by atoms with Gasteiger partial charge in [0.2, 0.25) is 0 Å². The highest BCUT2D eigenvalue weighted by molar-refractivity contribution is 5.99. The summed E-state index contributed by atoms with van der Waals surface area (Å²) in [6, 6.07) is 18.8. The number of carbonyl (C=O) groups excluding carboxylic acids is 1. The van der Waals surface area contributed by atoms with Crippen LogP contribution in [0.2, 0.25) is 0 Å². The summed E-state index contributed by atoms with van der Waals surface area (Å²) < 4.78 is 12.5. The average molecular weight is 430 g/mol. The van der Waals surface area contributed by atoms with Crippen LogP contribution >= 0.6 is 0 Å². The van der Waals surface area contributed by atoms with E-state index in [9.17, 15) is 9.59 Å². The van der Waals surface area contributed by atoms with Gasteiger partial charge in [-0.2, -0.15) is 0 Å². The zero-order valence-electron chi connectivity index (χ0n) is 17.7. The molecule has 2 N–H and O–H groups in total. The highest BCUT2D eigenvalue weighted by Crippen LogP contribution is 2.24. The lowest BCUT2D eigenvalue weighted by Crippen LogP contribution is -2.19. The summed E-state index contributed by atoms with van der Waals surface area (Å²) in [5.41, 5.74) is 3.01. The van der Waals surface area contributed by atoms with Crippen LogP contribution in [0.15, 0.2) is 77.7 Å². The molecule has 32 heavy (non-hydrogen) atoms. The van der Waals surface area contributed by atoms with Gasteiger partial charge in [0, 0.05) is 29.7 Å². The van der Waals surface area contributed by atoms with Crippen LogP contribution in [0, 0.1) is 6.92 Å². The number of amides is 2. The van der Waals surface area contributed by atoms with Crippen molar-refractivity contribution in [3.63, 3.8) is 0 Å². The Morgan fingerprint density at radius 3 is 2.53 bits per heavy atom. The Balaban J connectivity index is 1.43.